The monoisotopic (exact) mass is 338 g/mol. The zero-order chi connectivity index (χ0) is 16.9. The third kappa shape index (κ3) is 6.15. The summed E-state index contributed by atoms with van der Waals surface area (Å²) in [4.78, 5) is 13.5. The van der Waals surface area contributed by atoms with Crippen molar-refractivity contribution >= 4 is 17.4 Å². The normalized spacial score (nSPS) is 22.4. The molecule has 2 rings (SSSR count). The van der Waals surface area contributed by atoms with E-state index in [1.165, 1.54) is 23.3 Å². The second kappa shape index (κ2) is 8.15. The first-order valence-electron chi connectivity index (χ1n) is 8.61. The number of aryl methyl sites for hydroxylation is 1. The van der Waals surface area contributed by atoms with Crippen LogP contribution in [0.4, 0.5) is 4.79 Å². The summed E-state index contributed by atoms with van der Waals surface area (Å²) in [7, 11) is 0. The molecule has 0 aromatic carbocycles. The van der Waals surface area contributed by atoms with Gasteiger partial charge in [0.15, 0.2) is 0 Å². The molecule has 23 heavy (non-hydrogen) atoms. The van der Waals surface area contributed by atoms with Gasteiger partial charge >= 0.3 is 6.09 Å². The minimum atomic E-state index is -0.453. The fraction of sp³-hybridized carbons (Fsp3) is 0.722. The molecule has 0 spiro atoms. The highest BCUT2D eigenvalue weighted by molar-refractivity contribution is 7.10. The molecule has 2 N–H and O–H groups in total. The molecule has 1 fully saturated rings. The van der Waals surface area contributed by atoms with Crippen LogP contribution in [-0.4, -0.2) is 23.8 Å². The van der Waals surface area contributed by atoms with Gasteiger partial charge in [-0.3, -0.25) is 0 Å². The van der Waals surface area contributed by atoms with Crippen molar-refractivity contribution in [1.82, 2.24) is 10.6 Å². The maximum Gasteiger partial charge on any atom is 0.407 e. The van der Waals surface area contributed by atoms with Crippen molar-refractivity contribution in [1.29, 1.82) is 0 Å². The van der Waals surface area contributed by atoms with Crippen molar-refractivity contribution in [2.45, 2.75) is 84.0 Å². The summed E-state index contributed by atoms with van der Waals surface area (Å²) < 4.78 is 5.42. The van der Waals surface area contributed by atoms with Crippen molar-refractivity contribution in [2.24, 2.45) is 0 Å². The number of hydrogen-bond acceptors (Lipinski definition) is 4. The Bertz CT molecular complexity index is 507. The highest BCUT2D eigenvalue weighted by Gasteiger charge is 2.27. The Balaban J connectivity index is 1.93. The van der Waals surface area contributed by atoms with Crippen molar-refractivity contribution in [2.75, 3.05) is 0 Å². The summed E-state index contributed by atoms with van der Waals surface area (Å²) >= 11 is 1.79. The summed E-state index contributed by atoms with van der Waals surface area (Å²) in [5, 5.41) is 8.89. The number of amides is 1. The second-order valence-corrected chi connectivity index (χ2v) is 8.41. The molecule has 1 heterocycles. The van der Waals surface area contributed by atoms with Gasteiger partial charge in [0.25, 0.3) is 0 Å². The molecule has 1 aliphatic carbocycles. The van der Waals surface area contributed by atoms with Gasteiger partial charge in [0.1, 0.15) is 5.60 Å². The van der Waals surface area contributed by atoms with Gasteiger partial charge in [-0.15, -0.1) is 11.3 Å². The smallest absolute Gasteiger partial charge is 0.407 e. The summed E-state index contributed by atoms with van der Waals surface area (Å²) in [6.07, 6.45) is 5.43. The van der Waals surface area contributed by atoms with Crippen LogP contribution in [0.2, 0.25) is 0 Å². The van der Waals surface area contributed by atoms with Gasteiger partial charge in [0.05, 0.1) is 0 Å². The minimum Gasteiger partial charge on any atom is -0.444 e. The molecule has 2 atom stereocenters. The molecule has 130 valence electrons. The van der Waals surface area contributed by atoms with Gasteiger partial charge in [0, 0.05) is 23.5 Å². The van der Waals surface area contributed by atoms with E-state index in [9.17, 15) is 4.79 Å². The zero-order valence-corrected chi connectivity index (χ0v) is 15.6. The molecule has 1 saturated carbocycles. The minimum absolute atomic E-state index is 0.146. The van der Waals surface area contributed by atoms with Crippen LogP contribution in [-0.2, 0) is 11.3 Å². The lowest BCUT2D eigenvalue weighted by Gasteiger charge is -2.29. The Morgan fingerprint density at radius 1 is 1.26 bits per heavy atom. The molecule has 1 amide bonds. The average Bonchev–Trinajstić information content (AvgIpc) is 2.71. The number of rotatable bonds is 4. The van der Waals surface area contributed by atoms with Crippen LogP contribution in [0.5, 0.6) is 0 Å². The van der Waals surface area contributed by atoms with Crippen LogP contribution in [0, 0.1) is 6.92 Å². The summed E-state index contributed by atoms with van der Waals surface area (Å²) in [6, 6.07) is 2.62. The largest absolute Gasteiger partial charge is 0.444 e. The van der Waals surface area contributed by atoms with E-state index >= 15 is 0 Å². The lowest BCUT2D eigenvalue weighted by molar-refractivity contribution is 0.0489. The van der Waals surface area contributed by atoms with E-state index in [1.54, 1.807) is 11.3 Å². The number of thiophene rings is 1. The van der Waals surface area contributed by atoms with Crippen molar-refractivity contribution in [3.05, 3.63) is 21.9 Å². The van der Waals surface area contributed by atoms with Crippen LogP contribution in [0.1, 0.15) is 63.3 Å². The Kier molecular flexibility index (Phi) is 6.48. The van der Waals surface area contributed by atoms with Crippen LogP contribution >= 0.6 is 11.3 Å². The predicted molar refractivity (Wildman–Crippen MR) is 95.9 cm³/mol. The molecule has 1 aromatic rings. The highest BCUT2D eigenvalue weighted by Crippen LogP contribution is 2.21. The fourth-order valence-electron chi connectivity index (χ4n) is 2.99. The van der Waals surface area contributed by atoms with E-state index in [2.05, 4.69) is 29.0 Å². The topological polar surface area (TPSA) is 50.4 Å². The molecule has 1 aliphatic rings. The number of ether oxygens (including phenoxy) is 1. The zero-order valence-electron chi connectivity index (χ0n) is 14.8. The lowest BCUT2D eigenvalue weighted by Crippen LogP contribution is -2.50. The standard InChI is InChI=1S/C18H30N2O2S/c1-13-10-11-23-16(13)12-19-14-8-6-5-7-9-15(14)20-17(21)22-18(2,3)4/h10-11,14-15,19H,5-9,12H2,1-4H3,(H,20,21). The quantitative estimate of drug-likeness (QED) is 0.801. The molecular formula is C18H30N2O2S. The molecule has 5 heteroatoms. The van der Waals surface area contributed by atoms with Crippen molar-refractivity contribution in [3.63, 3.8) is 0 Å². The van der Waals surface area contributed by atoms with Gasteiger partial charge < -0.3 is 15.4 Å². The van der Waals surface area contributed by atoms with Crippen LogP contribution < -0.4 is 10.6 Å². The molecule has 0 saturated heterocycles. The first kappa shape index (κ1) is 18.3. The van der Waals surface area contributed by atoms with Crippen LogP contribution in [0.15, 0.2) is 11.4 Å². The third-order valence-electron chi connectivity index (χ3n) is 4.21. The maximum atomic E-state index is 12.1. The lowest BCUT2D eigenvalue weighted by atomic mass is 10.0. The number of carbonyl (C=O) groups is 1. The SMILES string of the molecule is Cc1ccsc1CNC1CCCCCC1NC(=O)OC(C)(C)C. The van der Waals surface area contributed by atoms with Gasteiger partial charge in [0.2, 0.25) is 0 Å². The Morgan fingerprint density at radius 3 is 2.57 bits per heavy atom. The van der Waals surface area contributed by atoms with E-state index in [4.69, 9.17) is 4.74 Å². The summed E-state index contributed by atoms with van der Waals surface area (Å²) in [6.45, 7) is 8.72. The molecular weight excluding hydrogens is 308 g/mol. The molecule has 1 aromatic heterocycles. The average molecular weight is 339 g/mol. The molecule has 2 unspecified atom stereocenters. The Morgan fingerprint density at radius 2 is 1.96 bits per heavy atom. The van der Waals surface area contributed by atoms with Gasteiger partial charge in [-0.2, -0.15) is 0 Å². The maximum absolute atomic E-state index is 12.1. The molecule has 0 radical (unpaired) electrons. The van der Waals surface area contributed by atoms with Crippen molar-refractivity contribution < 1.29 is 9.53 Å². The van der Waals surface area contributed by atoms with Gasteiger partial charge in [-0.25, -0.2) is 4.79 Å². The first-order chi connectivity index (χ1) is 10.8. The van der Waals surface area contributed by atoms with E-state index in [0.29, 0.717) is 6.04 Å². The Hall–Kier alpha value is -1.07. The van der Waals surface area contributed by atoms with Crippen LogP contribution in [0.3, 0.4) is 0 Å². The van der Waals surface area contributed by atoms with E-state index in [0.717, 1.165) is 25.8 Å². The van der Waals surface area contributed by atoms with Gasteiger partial charge in [-0.05, 0) is 57.5 Å². The van der Waals surface area contributed by atoms with E-state index < -0.39 is 5.60 Å². The van der Waals surface area contributed by atoms with Gasteiger partial charge in [-0.1, -0.05) is 19.3 Å². The van der Waals surface area contributed by atoms with Crippen LogP contribution in [0.25, 0.3) is 0 Å². The summed E-state index contributed by atoms with van der Waals surface area (Å²) in [5.74, 6) is 0. The molecule has 0 aliphatic heterocycles. The highest BCUT2D eigenvalue weighted by atomic mass is 32.1. The second-order valence-electron chi connectivity index (χ2n) is 7.40. The first-order valence-corrected chi connectivity index (χ1v) is 9.49. The fourth-order valence-corrected chi connectivity index (χ4v) is 3.85. The molecule has 4 nitrogen and oxygen atoms in total. The van der Waals surface area contributed by atoms with Crippen molar-refractivity contribution in [3.8, 4) is 0 Å². The third-order valence-corrected chi connectivity index (χ3v) is 5.23. The number of nitrogens with one attached hydrogen (secondary N) is 2. The number of hydrogen-bond donors (Lipinski definition) is 2. The van der Waals surface area contributed by atoms with E-state index in [-0.39, 0.29) is 12.1 Å². The Labute approximate surface area is 144 Å². The van der Waals surface area contributed by atoms with E-state index in [1.807, 2.05) is 20.8 Å². The number of alkyl carbamates (subject to hydrolysis) is 1. The number of carbonyl (C=O) groups excluding carboxylic acids is 1. The predicted octanol–water partition coefficient (Wildman–Crippen LogP) is 4.37. The summed E-state index contributed by atoms with van der Waals surface area (Å²) in [5.41, 5.74) is 0.888. The molecule has 0 bridgehead atoms.